The van der Waals surface area contributed by atoms with Crippen molar-refractivity contribution >= 4 is 5.91 Å². The van der Waals surface area contributed by atoms with Gasteiger partial charge in [0.05, 0.1) is 0 Å². The van der Waals surface area contributed by atoms with Crippen LogP contribution in [0.15, 0.2) is 24.3 Å². The fourth-order valence-electron chi connectivity index (χ4n) is 3.78. The number of nitrogens with zero attached hydrogens (tertiary/aromatic N) is 1. The number of ether oxygens (including phenoxy) is 1. The smallest absolute Gasteiger partial charge is 0.260 e. The van der Waals surface area contributed by atoms with Crippen molar-refractivity contribution in [1.82, 2.24) is 4.90 Å². The number of carbonyl (C=O) groups excluding carboxylic acids is 1. The first-order valence-electron chi connectivity index (χ1n) is 8.26. The van der Waals surface area contributed by atoms with Crippen LogP contribution in [0.5, 0.6) is 5.75 Å². The number of rotatable bonds is 4. The van der Waals surface area contributed by atoms with Crippen LogP contribution in [0, 0.1) is 11.8 Å². The number of para-hydroxylation sites is 1. The third-order valence-corrected chi connectivity index (χ3v) is 5.03. The summed E-state index contributed by atoms with van der Waals surface area (Å²) in [5.74, 6) is 2.48. The van der Waals surface area contributed by atoms with Gasteiger partial charge >= 0.3 is 0 Å². The normalized spacial score (nSPS) is 24.7. The topological polar surface area (TPSA) is 29.5 Å². The highest BCUT2D eigenvalue weighted by molar-refractivity contribution is 5.78. The molecule has 1 aliphatic carbocycles. The molecule has 2 fully saturated rings. The number of hydrogen-bond acceptors (Lipinski definition) is 2. The van der Waals surface area contributed by atoms with Crippen molar-refractivity contribution in [2.24, 2.45) is 11.8 Å². The monoisotopic (exact) mass is 287 g/mol. The maximum Gasteiger partial charge on any atom is 0.260 e. The summed E-state index contributed by atoms with van der Waals surface area (Å²) in [5.41, 5.74) is 1.17. The molecule has 1 amide bonds. The molecule has 0 bridgehead atoms. The summed E-state index contributed by atoms with van der Waals surface area (Å²) in [6.45, 7) is 4.18. The number of carbonyl (C=O) groups is 1. The van der Waals surface area contributed by atoms with Crippen LogP contribution in [0.1, 0.15) is 38.2 Å². The minimum Gasteiger partial charge on any atom is -0.483 e. The standard InChI is InChI=1S/C18H25NO2/c1-2-14-7-5-6-10-17(14)21-13-18(20)19-11-15-8-3-4-9-16(15)12-19/h5-7,10,15-16H,2-4,8-9,11-13H2,1H3. The van der Waals surface area contributed by atoms with Crippen molar-refractivity contribution in [1.29, 1.82) is 0 Å². The number of hydrogen-bond donors (Lipinski definition) is 0. The van der Waals surface area contributed by atoms with Gasteiger partial charge in [-0.25, -0.2) is 0 Å². The molecule has 1 aromatic rings. The quantitative estimate of drug-likeness (QED) is 0.850. The third kappa shape index (κ3) is 3.22. The zero-order valence-electron chi connectivity index (χ0n) is 12.9. The van der Waals surface area contributed by atoms with Gasteiger partial charge in [-0.05, 0) is 42.7 Å². The molecule has 1 saturated heterocycles. The molecule has 0 N–H and O–H groups in total. The molecule has 2 unspecified atom stereocenters. The lowest BCUT2D eigenvalue weighted by atomic mass is 9.82. The largest absolute Gasteiger partial charge is 0.483 e. The van der Waals surface area contributed by atoms with Gasteiger partial charge in [0.15, 0.2) is 6.61 Å². The fraction of sp³-hybridized carbons (Fsp3) is 0.611. The molecule has 3 rings (SSSR count). The minimum absolute atomic E-state index is 0.148. The highest BCUT2D eigenvalue weighted by atomic mass is 16.5. The van der Waals surface area contributed by atoms with Crippen LogP contribution >= 0.6 is 0 Å². The van der Waals surface area contributed by atoms with Crippen molar-refractivity contribution in [2.75, 3.05) is 19.7 Å². The average Bonchev–Trinajstić information content (AvgIpc) is 2.97. The molecule has 2 atom stereocenters. The van der Waals surface area contributed by atoms with Gasteiger partial charge in [0.2, 0.25) is 0 Å². The Kier molecular flexibility index (Phi) is 4.47. The Labute approximate surface area is 127 Å². The molecule has 21 heavy (non-hydrogen) atoms. The van der Waals surface area contributed by atoms with E-state index in [1.165, 1.54) is 31.2 Å². The average molecular weight is 287 g/mol. The Hall–Kier alpha value is -1.51. The van der Waals surface area contributed by atoms with Gasteiger partial charge in [-0.2, -0.15) is 0 Å². The van der Waals surface area contributed by atoms with E-state index in [-0.39, 0.29) is 12.5 Å². The lowest BCUT2D eigenvalue weighted by Crippen LogP contribution is -2.33. The molecule has 0 aromatic heterocycles. The Balaban J connectivity index is 1.55. The lowest BCUT2D eigenvalue weighted by molar-refractivity contribution is -0.132. The van der Waals surface area contributed by atoms with E-state index in [9.17, 15) is 4.79 Å². The molecule has 1 saturated carbocycles. The number of fused-ring (bicyclic) bond motifs is 1. The fourth-order valence-corrected chi connectivity index (χ4v) is 3.78. The van der Waals surface area contributed by atoms with E-state index in [1.807, 2.05) is 23.1 Å². The van der Waals surface area contributed by atoms with Crippen LogP contribution in [-0.4, -0.2) is 30.5 Å². The zero-order chi connectivity index (χ0) is 14.7. The van der Waals surface area contributed by atoms with Crippen LogP contribution in [-0.2, 0) is 11.2 Å². The summed E-state index contributed by atoms with van der Waals surface area (Å²) in [7, 11) is 0. The number of aryl methyl sites for hydroxylation is 1. The van der Waals surface area contributed by atoms with E-state index in [1.54, 1.807) is 0 Å². The summed E-state index contributed by atoms with van der Waals surface area (Å²) in [5, 5.41) is 0. The summed E-state index contributed by atoms with van der Waals surface area (Å²) >= 11 is 0. The molecule has 1 heterocycles. The van der Waals surface area contributed by atoms with Gasteiger partial charge in [-0.15, -0.1) is 0 Å². The minimum atomic E-state index is 0.148. The van der Waals surface area contributed by atoms with E-state index in [2.05, 4.69) is 13.0 Å². The number of benzene rings is 1. The molecule has 0 spiro atoms. The van der Waals surface area contributed by atoms with Crippen molar-refractivity contribution in [2.45, 2.75) is 39.0 Å². The number of likely N-dealkylation sites (tertiary alicyclic amines) is 1. The second kappa shape index (κ2) is 6.50. The third-order valence-electron chi connectivity index (χ3n) is 5.03. The first kappa shape index (κ1) is 14.4. The Morgan fingerprint density at radius 3 is 2.52 bits per heavy atom. The second-order valence-electron chi connectivity index (χ2n) is 6.35. The van der Waals surface area contributed by atoms with Gasteiger partial charge in [0.25, 0.3) is 5.91 Å². The van der Waals surface area contributed by atoms with Crippen molar-refractivity contribution < 1.29 is 9.53 Å². The maximum atomic E-state index is 12.4. The van der Waals surface area contributed by atoms with Crippen molar-refractivity contribution in [3.05, 3.63) is 29.8 Å². The highest BCUT2D eigenvalue weighted by Gasteiger charge is 2.36. The first-order chi connectivity index (χ1) is 10.3. The van der Waals surface area contributed by atoms with Crippen molar-refractivity contribution in [3.63, 3.8) is 0 Å². The molecule has 114 valence electrons. The molecular formula is C18H25NO2. The molecular weight excluding hydrogens is 262 g/mol. The zero-order valence-corrected chi connectivity index (χ0v) is 12.9. The van der Waals surface area contributed by atoms with Crippen LogP contribution in [0.25, 0.3) is 0 Å². The van der Waals surface area contributed by atoms with Gasteiger partial charge in [-0.1, -0.05) is 38.0 Å². The maximum absolute atomic E-state index is 12.4. The van der Waals surface area contributed by atoms with Crippen LogP contribution < -0.4 is 4.74 Å². The Morgan fingerprint density at radius 1 is 1.19 bits per heavy atom. The summed E-state index contributed by atoms with van der Waals surface area (Å²) in [6.07, 6.45) is 6.20. The predicted molar refractivity (Wildman–Crippen MR) is 83.3 cm³/mol. The molecule has 2 aliphatic rings. The van der Waals surface area contributed by atoms with Crippen LogP contribution in [0.3, 0.4) is 0 Å². The van der Waals surface area contributed by atoms with Crippen molar-refractivity contribution in [3.8, 4) is 5.75 Å². The van der Waals surface area contributed by atoms with Crippen LogP contribution in [0.4, 0.5) is 0 Å². The summed E-state index contributed by atoms with van der Waals surface area (Å²) < 4.78 is 5.76. The molecule has 1 aromatic carbocycles. The first-order valence-corrected chi connectivity index (χ1v) is 8.26. The van der Waals surface area contributed by atoms with E-state index in [0.717, 1.165) is 37.1 Å². The molecule has 0 radical (unpaired) electrons. The van der Waals surface area contributed by atoms with E-state index in [0.29, 0.717) is 0 Å². The molecule has 3 heteroatoms. The van der Waals surface area contributed by atoms with Gasteiger partial charge < -0.3 is 9.64 Å². The SMILES string of the molecule is CCc1ccccc1OCC(=O)N1CC2CCCCC2C1. The Bertz CT molecular complexity index is 486. The predicted octanol–water partition coefficient (Wildman–Crippen LogP) is 3.28. The van der Waals surface area contributed by atoms with Gasteiger partial charge in [0, 0.05) is 13.1 Å². The van der Waals surface area contributed by atoms with Crippen LogP contribution in [0.2, 0.25) is 0 Å². The lowest BCUT2D eigenvalue weighted by Gasteiger charge is -2.22. The second-order valence-corrected chi connectivity index (χ2v) is 6.35. The molecule has 1 aliphatic heterocycles. The Morgan fingerprint density at radius 2 is 1.86 bits per heavy atom. The van der Waals surface area contributed by atoms with Gasteiger partial charge in [-0.3, -0.25) is 4.79 Å². The molecule has 3 nitrogen and oxygen atoms in total. The highest BCUT2D eigenvalue weighted by Crippen LogP contribution is 2.36. The number of amides is 1. The van der Waals surface area contributed by atoms with E-state index >= 15 is 0 Å². The summed E-state index contributed by atoms with van der Waals surface area (Å²) in [6, 6.07) is 7.99. The van der Waals surface area contributed by atoms with E-state index < -0.39 is 0 Å². The summed E-state index contributed by atoms with van der Waals surface area (Å²) in [4.78, 5) is 14.4. The van der Waals surface area contributed by atoms with Gasteiger partial charge in [0.1, 0.15) is 5.75 Å². The van der Waals surface area contributed by atoms with E-state index in [4.69, 9.17) is 4.74 Å².